The van der Waals surface area contributed by atoms with Gasteiger partial charge in [0.2, 0.25) is 0 Å². The largest absolute Gasteiger partial charge is 0.0885 e. The van der Waals surface area contributed by atoms with Gasteiger partial charge in [-0.15, -0.1) is 0 Å². The molecule has 0 unspecified atom stereocenters. The van der Waals surface area contributed by atoms with E-state index in [-0.39, 0.29) is 7.92 Å². The maximum atomic E-state index is 2.56. The summed E-state index contributed by atoms with van der Waals surface area (Å²) in [4.78, 5) is 0. The van der Waals surface area contributed by atoms with Crippen LogP contribution in [0.15, 0.2) is 83.7 Å². The summed E-state index contributed by atoms with van der Waals surface area (Å²) in [5.74, 6) is 0. The van der Waals surface area contributed by atoms with Crippen molar-refractivity contribution in [2.45, 2.75) is 70.9 Å². The molecule has 0 spiro atoms. The summed E-state index contributed by atoms with van der Waals surface area (Å²) < 4.78 is 0. The quantitative estimate of drug-likeness (QED) is 0.431. The highest BCUT2D eigenvalue weighted by atomic mass is 31.1. The van der Waals surface area contributed by atoms with Crippen LogP contribution in [0.2, 0.25) is 0 Å². The third kappa shape index (κ3) is 5.29. The Labute approximate surface area is 181 Å². The van der Waals surface area contributed by atoms with Gasteiger partial charge in [-0.25, -0.2) is 0 Å². The molecule has 0 N–H and O–H groups in total. The predicted molar refractivity (Wildman–Crippen MR) is 136 cm³/mol. The first-order valence-electron chi connectivity index (χ1n) is 10.7. The lowest BCUT2D eigenvalue weighted by molar-refractivity contribution is 0.693. The van der Waals surface area contributed by atoms with Crippen molar-refractivity contribution in [3.8, 4) is 0 Å². The second-order valence-corrected chi connectivity index (χ2v) is 16.4. The molecule has 1 aliphatic rings. The molecular weight excluding hydrogens is 386 g/mol. The van der Waals surface area contributed by atoms with E-state index in [1.165, 1.54) is 15.9 Å². The molecule has 2 heteroatoms. The van der Waals surface area contributed by atoms with E-state index in [4.69, 9.17) is 0 Å². The van der Waals surface area contributed by atoms with Crippen molar-refractivity contribution in [2.24, 2.45) is 0 Å². The second-order valence-electron chi connectivity index (χ2n) is 9.95. The lowest BCUT2D eigenvalue weighted by atomic mass is 10.2. The Morgan fingerprint density at radius 2 is 1.17 bits per heavy atom. The summed E-state index contributed by atoms with van der Waals surface area (Å²) in [5.41, 5.74) is 2.28. The van der Waals surface area contributed by atoms with Gasteiger partial charge in [-0.2, -0.15) is 0 Å². The monoisotopic (exact) mass is 422 g/mol. The molecular formula is C27H36P2. The first kappa shape index (κ1) is 22.5. The smallest absolute Gasteiger partial charge is 0.00119 e. The molecule has 2 aromatic rings. The minimum Gasteiger partial charge on any atom is -0.0885 e. The number of allylic oxidation sites excluding steroid dienone is 4. The Hall–Kier alpha value is -1.22. The lowest BCUT2D eigenvalue weighted by Crippen LogP contribution is -2.31. The maximum absolute atomic E-state index is 2.56. The lowest BCUT2D eigenvalue weighted by Gasteiger charge is -2.46. The molecule has 0 radical (unpaired) electrons. The number of hydrogen-bond acceptors (Lipinski definition) is 0. The van der Waals surface area contributed by atoms with Crippen molar-refractivity contribution in [1.29, 1.82) is 0 Å². The summed E-state index contributed by atoms with van der Waals surface area (Å²) in [6.45, 7) is 17.1. The number of hydrogen-bond donors (Lipinski definition) is 0. The van der Waals surface area contributed by atoms with E-state index < -0.39 is 7.92 Å². The summed E-state index contributed by atoms with van der Waals surface area (Å²) in [5, 5.41) is 5.11. The van der Waals surface area contributed by atoms with Crippen LogP contribution in [0.1, 0.15) is 54.9 Å². The normalized spacial score (nSPS) is 16.2. The van der Waals surface area contributed by atoms with Crippen LogP contribution in [0.25, 0.3) is 0 Å². The molecule has 1 aliphatic carbocycles. The van der Waals surface area contributed by atoms with E-state index in [9.17, 15) is 0 Å². The molecule has 0 fully saturated rings. The Morgan fingerprint density at radius 1 is 0.724 bits per heavy atom. The molecule has 0 bridgehead atoms. The van der Waals surface area contributed by atoms with Crippen molar-refractivity contribution in [2.75, 3.05) is 0 Å². The Kier molecular flexibility index (Phi) is 6.88. The van der Waals surface area contributed by atoms with Gasteiger partial charge in [0, 0.05) is 0 Å². The zero-order valence-corrected chi connectivity index (χ0v) is 20.9. The van der Waals surface area contributed by atoms with Crippen molar-refractivity contribution in [3.05, 3.63) is 83.7 Å². The SMILES string of the molecule is C[C@H](C1=CC(P(c2ccccc2)c2ccccc2)=CC1)P(C(C)(C)C)C(C)(C)C. The van der Waals surface area contributed by atoms with Crippen LogP contribution in [0.4, 0.5) is 0 Å². The van der Waals surface area contributed by atoms with Crippen LogP contribution in [0, 0.1) is 0 Å². The third-order valence-electron chi connectivity index (χ3n) is 5.54. The summed E-state index contributed by atoms with van der Waals surface area (Å²) >= 11 is 0. The summed E-state index contributed by atoms with van der Waals surface area (Å²) in [6.07, 6.45) is 6.18. The molecule has 29 heavy (non-hydrogen) atoms. The molecule has 3 rings (SSSR count). The predicted octanol–water partition coefficient (Wildman–Crippen LogP) is 7.80. The molecule has 0 amide bonds. The van der Waals surface area contributed by atoms with Crippen molar-refractivity contribution in [1.82, 2.24) is 0 Å². The highest BCUT2D eigenvalue weighted by Crippen LogP contribution is 2.65. The Bertz CT molecular complexity index is 811. The highest BCUT2D eigenvalue weighted by molar-refractivity contribution is 7.77. The van der Waals surface area contributed by atoms with Crippen LogP contribution in [-0.4, -0.2) is 16.0 Å². The van der Waals surface area contributed by atoms with Crippen LogP contribution < -0.4 is 10.6 Å². The van der Waals surface area contributed by atoms with E-state index in [1.807, 2.05) is 0 Å². The van der Waals surface area contributed by atoms with Crippen LogP contribution in [-0.2, 0) is 0 Å². The minimum absolute atomic E-state index is 0.156. The van der Waals surface area contributed by atoms with E-state index >= 15 is 0 Å². The second kappa shape index (κ2) is 8.88. The molecule has 2 aromatic carbocycles. The number of rotatable bonds is 5. The van der Waals surface area contributed by atoms with Gasteiger partial charge in [0.15, 0.2) is 0 Å². The number of benzene rings is 2. The fourth-order valence-electron chi connectivity index (χ4n) is 4.91. The zero-order chi connectivity index (χ0) is 21.2. The van der Waals surface area contributed by atoms with Gasteiger partial charge in [0.05, 0.1) is 0 Å². The van der Waals surface area contributed by atoms with E-state index in [0.717, 1.165) is 6.42 Å². The maximum Gasteiger partial charge on any atom is -0.00119 e. The topological polar surface area (TPSA) is 0 Å². The van der Waals surface area contributed by atoms with Gasteiger partial charge >= 0.3 is 0 Å². The summed E-state index contributed by atoms with van der Waals surface area (Å²) in [6, 6.07) is 22.1. The van der Waals surface area contributed by atoms with Gasteiger partial charge in [0.25, 0.3) is 0 Å². The molecule has 0 nitrogen and oxygen atoms in total. The Balaban J connectivity index is 1.97. The average Bonchev–Trinajstić information content (AvgIpc) is 3.11. The fraction of sp³-hybridized carbons (Fsp3) is 0.407. The summed E-state index contributed by atoms with van der Waals surface area (Å²) in [7, 11) is -0.643. The van der Waals surface area contributed by atoms with E-state index in [2.05, 4.69) is 121 Å². The highest BCUT2D eigenvalue weighted by Gasteiger charge is 2.39. The van der Waals surface area contributed by atoms with Gasteiger partial charge < -0.3 is 0 Å². The van der Waals surface area contributed by atoms with Gasteiger partial charge in [-0.3, -0.25) is 0 Å². The van der Waals surface area contributed by atoms with Crippen LogP contribution >= 0.6 is 15.8 Å². The molecule has 0 saturated heterocycles. The van der Waals surface area contributed by atoms with Crippen molar-refractivity contribution in [3.63, 3.8) is 0 Å². The minimum atomic E-state index is -0.487. The average molecular weight is 423 g/mol. The fourth-order valence-corrected chi connectivity index (χ4v) is 12.2. The Morgan fingerprint density at radius 3 is 1.59 bits per heavy atom. The van der Waals surface area contributed by atoms with Crippen LogP contribution in [0.5, 0.6) is 0 Å². The molecule has 0 heterocycles. The van der Waals surface area contributed by atoms with Gasteiger partial charge in [0.1, 0.15) is 0 Å². The molecule has 1 atom stereocenters. The van der Waals surface area contributed by atoms with Gasteiger partial charge in [-0.05, 0) is 46.2 Å². The van der Waals surface area contributed by atoms with Gasteiger partial charge in [-0.1, -0.05) is 135 Å². The molecule has 0 aromatic heterocycles. The molecule has 0 aliphatic heterocycles. The van der Waals surface area contributed by atoms with E-state index in [0.29, 0.717) is 16.0 Å². The first-order valence-corrected chi connectivity index (χ1v) is 13.4. The third-order valence-corrected chi connectivity index (χ3v) is 12.0. The van der Waals surface area contributed by atoms with Crippen molar-refractivity contribution < 1.29 is 0 Å². The van der Waals surface area contributed by atoms with E-state index in [1.54, 1.807) is 5.57 Å². The molecule has 0 saturated carbocycles. The first-order chi connectivity index (χ1) is 13.6. The zero-order valence-electron chi connectivity index (χ0n) is 19.1. The molecule has 154 valence electrons. The van der Waals surface area contributed by atoms with Crippen LogP contribution in [0.3, 0.4) is 0 Å². The van der Waals surface area contributed by atoms with Crippen molar-refractivity contribution >= 4 is 26.5 Å². The standard InChI is InChI=1S/C27H36P2/c1-21(29(26(2,3)4)27(5,6)7)22-18-19-25(20-22)28(23-14-10-8-11-15-23)24-16-12-9-13-17-24/h8-17,19-21H,18H2,1-7H3/t21-/m1/s1.